The average Bonchev–Trinajstić information content (AvgIpc) is 3.25. The molecule has 1 fully saturated rings. The number of benzene rings is 1. The lowest BCUT2D eigenvalue weighted by atomic mass is 10.1. The zero-order chi connectivity index (χ0) is 16.9. The molecule has 0 spiro atoms. The van der Waals surface area contributed by atoms with Crippen LogP contribution in [0, 0.1) is 5.82 Å². The number of carbonyl (C=O) groups is 1. The van der Waals surface area contributed by atoms with E-state index in [1.165, 1.54) is 18.4 Å². The van der Waals surface area contributed by atoms with Gasteiger partial charge in [0.1, 0.15) is 12.1 Å². The molecular weight excluding hydrogens is 380 g/mol. The smallest absolute Gasteiger partial charge is 0.229 e. The van der Waals surface area contributed by atoms with Crippen molar-refractivity contribution in [1.82, 2.24) is 15.2 Å². The first-order valence-corrected chi connectivity index (χ1v) is 8.38. The Labute approximate surface area is 165 Å². The molecule has 26 heavy (non-hydrogen) atoms. The van der Waals surface area contributed by atoms with Crippen molar-refractivity contribution in [3.63, 3.8) is 0 Å². The van der Waals surface area contributed by atoms with Gasteiger partial charge in [-0.15, -0.1) is 24.8 Å². The van der Waals surface area contributed by atoms with Crippen LogP contribution in [0.1, 0.15) is 25.5 Å². The number of carbonyl (C=O) groups excluding carboxylic acids is 1. The molecule has 144 valence electrons. The number of hydrogen-bond acceptors (Lipinski definition) is 4. The summed E-state index contributed by atoms with van der Waals surface area (Å²) < 4.78 is 18.4. The maximum atomic E-state index is 13.0. The van der Waals surface area contributed by atoms with E-state index in [0.29, 0.717) is 17.1 Å². The van der Waals surface area contributed by atoms with Crippen LogP contribution in [0.15, 0.2) is 34.9 Å². The van der Waals surface area contributed by atoms with Gasteiger partial charge in [-0.3, -0.25) is 4.79 Å². The summed E-state index contributed by atoms with van der Waals surface area (Å²) in [5, 5.41) is 3.30. The van der Waals surface area contributed by atoms with Crippen molar-refractivity contribution in [1.29, 1.82) is 0 Å². The van der Waals surface area contributed by atoms with Gasteiger partial charge in [0.2, 0.25) is 11.8 Å². The minimum atomic E-state index is -0.305. The summed E-state index contributed by atoms with van der Waals surface area (Å²) in [6.45, 7) is 4.64. The summed E-state index contributed by atoms with van der Waals surface area (Å²) in [6, 6.07) is 6.21. The van der Waals surface area contributed by atoms with Gasteiger partial charge in [-0.2, -0.15) is 0 Å². The number of nitrogens with one attached hydrogen (secondary N) is 1. The SMILES string of the molecule is CCCN(C(=O)Cc1coc(-c2ccc(F)cc2)n1)C1CCNC1.Cl.Cl. The van der Waals surface area contributed by atoms with E-state index in [0.717, 1.165) is 32.5 Å². The zero-order valence-electron chi connectivity index (χ0n) is 14.6. The molecular formula is C18H24Cl2FN3O2. The number of rotatable bonds is 6. The normalized spacial score (nSPS) is 15.8. The van der Waals surface area contributed by atoms with E-state index in [-0.39, 0.29) is 49.0 Å². The number of hydrogen-bond donors (Lipinski definition) is 1. The van der Waals surface area contributed by atoms with E-state index >= 15 is 0 Å². The van der Waals surface area contributed by atoms with Crippen LogP contribution < -0.4 is 5.32 Å². The van der Waals surface area contributed by atoms with E-state index in [1.54, 1.807) is 12.1 Å². The molecule has 1 N–H and O–H groups in total. The first-order valence-electron chi connectivity index (χ1n) is 8.38. The maximum absolute atomic E-state index is 13.0. The minimum Gasteiger partial charge on any atom is -0.444 e. The molecule has 8 heteroatoms. The molecule has 0 aliphatic carbocycles. The van der Waals surface area contributed by atoms with E-state index in [4.69, 9.17) is 4.42 Å². The highest BCUT2D eigenvalue weighted by atomic mass is 35.5. The van der Waals surface area contributed by atoms with E-state index in [2.05, 4.69) is 17.2 Å². The molecule has 1 saturated heterocycles. The fraction of sp³-hybridized carbons (Fsp3) is 0.444. The van der Waals surface area contributed by atoms with Crippen molar-refractivity contribution < 1.29 is 13.6 Å². The lowest BCUT2D eigenvalue weighted by Crippen LogP contribution is -2.42. The van der Waals surface area contributed by atoms with Gasteiger partial charge in [0, 0.05) is 24.7 Å². The number of aromatic nitrogens is 1. The van der Waals surface area contributed by atoms with Crippen molar-refractivity contribution in [2.75, 3.05) is 19.6 Å². The first-order chi connectivity index (χ1) is 11.7. The zero-order valence-corrected chi connectivity index (χ0v) is 16.2. The van der Waals surface area contributed by atoms with Crippen LogP contribution in [-0.2, 0) is 11.2 Å². The van der Waals surface area contributed by atoms with Crippen LogP contribution in [0.4, 0.5) is 4.39 Å². The Kier molecular flexibility index (Phi) is 9.05. The topological polar surface area (TPSA) is 58.4 Å². The van der Waals surface area contributed by atoms with Gasteiger partial charge in [0.05, 0.1) is 12.1 Å². The molecule has 1 unspecified atom stereocenters. The van der Waals surface area contributed by atoms with Crippen LogP contribution in [0.2, 0.25) is 0 Å². The molecule has 2 heterocycles. The standard InChI is InChI=1S/C18H22FN3O2.2ClH/c1-2-9-22(16-7-8-20-11-16)17(23)10-15-12-24-18(21-15)13-3-5-14(19)6-4-13;;/h3-6,12,16,20H,2,7-11H2,1H3;2*1H. The van der Waals surface area contributed by atoms with Gasteiger partial charge in [0.15, 0.2) is 0 Å². The Morgan fingerprint density at radius 1 is 1.35 bits per heavy atom. The molecule has 0 saturated carbocycles. The van der Waals surface area contributed by atoms with E-state index < -0.39 is 0 Å². The number of amides is 1. The van der Waals surface area contributed by atoms with Gasteiger partial charge in [-0.05, 0) is 43.7 Å². The molecule has 1 amide bonds. The van der Waals surface area contributed by atoms with Gasteiger partial charge < -0.3 is 14.6 Å². The van der Waals surface area contributed by atoms with Gasteiger partial charge >= 0.3 is 0 Å². The third-order valence-electron chi connectivity index (χ3n) is 4.24. The highest BCUT2D eigenvalue weighted by Gasteiger charge is 2.26. The Morgan fingerprint density at radius 3 is 2.69 bits per heavy atom. The monoisotopic (exact) mass is 403 g/mol. The first kappa shape index (κ1) is 22.4. The maximum Gasteiger partial charge on any atom is 0.229 e. The fourth-order valence-electron chi connectivity index (χ4n) is 3.03. The molecule has 1 atom stereocenters. The third kappa shape index (κ3) is 5.43. The Bertz CT molecular complexity index is 688. The van der Waals surface area contributed by atoms with Crippen LogP contribution in [0.3, 0.4) is 0 Å². The largest absolute Gasteiger partial charge is 0.444 e. The minimum absolute atomic E-state index is 0. The summed E-state index contributed by atoms with van der Waals surface area (Å²) in [7, 11) is 0. The van der Waals surface area contributed by atoms with Crippen LogP contribution in [-0.4, -0.2) is 41.5 Å². The number of nitrogens with zero attached hydrogens (tertiary/aromatic N) is 2. The quantitative estimate of drug-likeness (QED) is 0.801. The summed E-state index contributed by atoms with van der Waals surface area (Å²) in [6.07, 6.45) is 3.65. The summed E-state index contributed by atoms with van der Waals surface area (Å²) in [5.41, 5.74) is 1.30. The lowest BCUT2D eigenvalue weighted by molar-refractivity contribution is -0.132. The van der Waals surface area contributed by atoms with E-state index in [1.807, 2.05) is 4.90 Å². The number of oxazole rings is 1. The third-order valence-corrected chi connectivity index (χ3v) is 4.24. The summed E-state index contributed by atoms with van der Waals surface area (Å²) >= 11 is 0. The highest BCUT2D eigenvalue weighted by molar-refractivity contribution is 5.85. The lowest BCUT2D eigenvalue weighted by Gasteiger charge is -2.28. The average molecular weight is 404 g/mol. The van der Waals surface area contributed by atoms with Crippen molar-refractivity contribution in [2.45, 2.75) is 32.2 Å². The predicted octanol–water partition coefficient (Wildman–Crippen LogP) is 3.47. The van der Waals surface area contributed by atoms with E-state index in [9.17, 15) is 9.18 Å². The second-order valence-electron chi connectivity index (χ2n) is 6.06. The molecule has 1 aliphatic rings. The van der Waals surface area contributed by atoms with Crippen molar-refractivity contribution in [3.05, 3.63) is 42.0 Å². The fourth-order valence-corrected chi connectivity index (χ4v) is 3.03. The van der Waals surface area contributed by atoms with Crippen molar-refractivity contribution in [3.8, 4) is 11.5 Å². The summed E-state index contributed by atoms with van der Waals surface area (Å²) in [4.78, 5) is 19.0. The molecule has 1 aromatic carbocycles. The van der Waals surface area contributed by atoms with Gasteiger partial charge in [-0.1, -0.05) is 6.92 Å². The summed E-state index contributed by atoms with van der Waals surface area (Å²) in [5.74, 6) is 0.174. The molecule has 1 aromatic heterocycles. The second-order valence-corrected chi connectivity index (χ2v) is 6.06. The second kappa shape index (κ2) is 10.5. The molecule has 0 bridgehead atoms. The Morgan fingerprint density at radius 2 is 2.08 bits per heavy atom. The Balaban J connectivity index is 0.00000169. The molecule has 3 rings (SSSR count). The highest BCUT2D eigenvalue weighted by Crippen LogP contribution is 2.20. The molecule has 2 aromatic rings. The van der Waals surface area contributed by atoms with Crippen LogP contribution in [0.25, 0.3) is 11.5 Å². The van der Waals surface area contributed by atoms with Gasteiger partial charge in [0.25, 0.3) is 0 Å². The van der Waals surface area contributed by atoms with Crippen LogP contribution >= 0.6 is 24.8 Å². The molecule has 5 nitrogen and oxygen atoms in total. The van der Waals surface area contributed by atoms with Crippen LogP contribution in [0.5, 0.6) is 0 Å². The Hall–Kier alpha value is -1.63. The molecule has 0 radical (unpaired) electrons. The number of halogens is 3. The van der Waals surface area contributed by atoms with Gasteiger partial charge in [-0.25, -0.2) is 9.37 Å². The predicted molar refractivity (Wildman–Crippen MR) is 103 cm³/mol. The van der Waals surface area contributed by atoms with Crippen molar-refractivity contribution >= 4 is 30.7 Å². The van der Waals surface area contributed by atoms with Crippen molar-refractivity contribution in [2.24, 2.45) is 0 Å². The molecule has 1 aliphatic heterocycles.